The Morgan fingerprint density at radius 3 is 2.44 bits per heavy atom. The van der Waals surface area contributed by atoms with Gasteiger partial charge < -0.3 is 24.8 Å². The van der Waals surface area contributed by atoms with Crippen molar-refractivity contribution in [3.63, 3.8) is 0 Å². The maximum absolute atomic E-state index is 10.5. The maximum Gasteiger partial charge on any atom is 0.337 e. The van der Waals surface area contributed by atoms with Gasteiger partial charge in [0.05, 0.1) is 37.3 Å². The number of aryl methyl sites for hydroxylation is 1. The predicted molar refractivity (Wildman–Crippen MR) is 135 cm³/mol. The molecule has 180 valence electrons. The second-order valence-corrected chi connectivity index (χ2v) is 7.73. The first-order valence-electron chi connectivity index (χ1n) is 11.6. The molecule has 2 aliphatic heterocycles. The number of anilines is 3. The van der Waals surface area contributed by atoms with Crippen molar-refractivity contribution < 1.29 is 19.4 Å². The molecule has 0 atom stereocenters. The normalized spacial score (nSPS) is 13.1. The average molecular weight is 464 g/mol. The minimum Gasteiger partial charge on any atom is -0.493 e. The Kier molecular flexibility index (Phi) is 8.87. The average Bonchev–Trinajstić information content (AvgIpc) is 3.37. The number of carboxylic acid groups (broad SMARTS) is 1. The van der Waals surface area contributed by atoms with Crippen molar-refractivity contribution >= 4 is 23.0 Å². The Bertz CT molecular complexity index is 1120. The van der Waals surface area contributed by atoms with Crippen molar-refractivity contribution in [1.82, 2.24) is 4.98 Å². The van der Waals surface area contributed by atoms with E-state index in [-0.39, 0.29) is 5.56 Å². The minimum absolute atomic E-state index is 0.238. The first-order chi connectivity index (χ1) is 16.6. The third-order valence-electron chi connectivity index (χ3n) is 5.70. The van der Waals surface area contributed by atoms with Crippen molar-refractivity contribution in [3.8, 4) is 5.75 Å². The Morgan fingerprint density at radius 2 is 1.74 bits per heavy atom. The van der Waals surface area contributed by atoms with E-state index in [4.69, 9.17) is 14.6 Å². The third-order valence-corrected chi connectivity index (χ3v) is 5.70. The highest BCUT2D eigenvalue weighted by molar-refractivity contribution is 5.93. The molecule has 0 amide bonds. The van der Waals surface area contributed by atoms with Crippen LogP contribution >= 0.6 is 0 Å². The summed E-state index contributed by atoms with van der Waals surface area (Å²) in [5.74, 6) is 0.0897. The molecule has 3 heterocycles. The van der Waals surface area contributed by atoms with Gasteiger partial charge in [-0.3, -0.25) is 4.98 Å². The molecule has 0 unspecified atom stereocenters. The summed E-state index contributed by atoms with van der Waals surface area (Å²) in [6, 6.07) is 14.5. The molecule has 0 bridgehead atoms. The number of pyridine rings is 1. The first kappa shape index (κ1) is 25.1. The van der Waals surface area contributed by atoms with Gasteiger partial charge in [0.1, 0.15) is 5.75 Å². The van der Waals surface area contributed by atoms with Gasteiger partial charge in [-0.15, -0.1) is 0 Å². The number of nitrogens with one attached hydrogen (secondary N) is 1. The molecule has 7 nitrogen and oxygen atoms in total. The van der Waals surface area contributed by atoms with Crippen LogP contribution in [0.4, 0.5) is 17.1 Å². The van der Waals surface area contributed by atoms with E-state index in [1.165, 1.54) is 40.8 Å². The minimum atomic E-state index is -0.947. The first-order valence-corrected chi connectivity index (χ1v) is 11.6. The molecular formula is C27H33N3O4. The van der Waals surface area contributed by atoms with Crippen molar-refractivity contribution in [3.05, 3.63) is 77.1 Å². The Hall–Kier alpha value is -3.58. The fourth-order valence-electron chi connectivity index (χ4n) is 3.83. The number of aromatic nitrogens is 1. The zero-order valence-corrected chi connectivity index (χ0v) is 20.3. The van der Waals surface area contributed by atoms with Gasteiger partial charge in [0.15, 0.2) is 0 Å². The van der Waals surface area contributed by atoms with Crippen molar-refractivity contribution in [1.29, 1.82) is 0 Å². The van der Waals surface area contributed by atoms with Crippen LogP contribution in [0, 0.1) is 0 Å². The fraction of sp³-hybridized carbons (Fsp3) is 0.333. The van der Waals surface area contributed by atoms with Crippen LogP contribution in [0.5, 0.6) is 5.75 Å². The monoisotopic (exact) mass is 463 g/mol. The highest BCUT2D eigenvalue weighted by Crippen LogP contribution is 2.33. The Balaban J connectivity index is 0.000000212. The summed E-state index contributed by atoms with van der Waals surface area (Å²) >= 11 is 0. The highest BCUT2D eigenvalue weighted by atomic mass is 16.5. The van der Waals surface area contributed by atoms with Crippen LogP contribution in [-0.4, -0.2) is 36.8 Å². The fourth-order valence-corrected chi connectivity index (χ4v) is 3.83. The maximum atomic E-state index is 10.5. The van der Waals surface area contributed by atoms with Crippen LogP contribution in [-0.2, 0) is 24.4 Å². The van der Waals surface area contributed by atoms with Crippen LogP contribution < -0.4 is 15.0 Å². The number of fused-ring (bicyclic) bond motifs is 2. The molecule has 1 aromatic heterocycles. The molecule has 2 aliphatic rings. The topological polar surface area (TPSA) is 83.9 Å². The number of hydrogen-bond acceptors (Lipinski definition) is 6. The summed E-state index contributed by atoms with van der Waals surface area (Å²) in [4.78, 5) is 16.5. The van der Waals surface area contributed by atoms with Gasteiger partial charge in [0.2, 0.25) is 0 Å². The number of benzene rings is 2. The van der Waals surface area contributed by atoms with E-state index in [0.29, 0.717) is 5.69 Å². The summed E-state index contributed by atoms with van der Waals surface area (Å²) in [5, 5.41) is 11.4. The number of rotatable bonds is 4. The van der Waals surface area contributed by atoms with E-state index in [0.717, 1.165) is 44.1 Å². The smallest absolute Gasteiger partial charge is 0.337 e. The van der Waals surface area contributed by atoms with E-state index < -0.39 is 5.97 Å². The summed E-state index contributed by atoms with van der Waals surface area (Å²) in [6.45, 7) is 6.30. The lowest BCUT2D eigenvalue weighted by atomic mass is 10.0. The molecule has 2 aromatic carbocycles. The zero-order valence-electron chi connectivity index (χ0n) is 20.3. The second-order valence-electron chi connectivity index (χ2n) is 7.73. The van der Waals surface area contributed by atoms with E-state index in [1.807, 2.05) is 13.8 Å². The second kappa shape index (κ2) is 12.0. The molecule has 2 N–H and O–H groups in total. The van der Waals surface area contributed by atoms with Gasteiger partial charge in [0, 0.05) is 37.7 Å². The molecule has 3 aromatic rings. The van der Waals surface area contributed by atoms with Gasteiger partial charge in [0.25, 0.3) is 0 Å². The van der Waals surface area contributed by atoms with Gasteiger partial charge in [-0.2, -0.15) is 0 Å². The van der Waals surface area contributed by atoms with Crippen molar-refractivity contribution in [2.24, 2.45) is 0 Å². The zero-order chi connectivity index (χ0) is 24.5. The number of nitrogens with zero attached hydrogens (tertiary/aromatic N) is 2. The standard InChI is InChI=1S/C18H19NO2.C7H8N2O2.C2H6/c1-19(16-7-5-14-11-20-12-15(14)9-16)17-6-4-13-3-2-8-21-18(13)10-17;1-8-6-4-9-3-2-5(6)7(10)11;1-2/h4-7,9-10H,2-3,8,11-12H2,1H3;2-4,8H,1H3,(H,10,11);1-2H3. The molecule has 0 radical (unpaired) electrons. The number of hydrogen-bond donors (Lipinski definition) is 2. The van der Waals surface area contributed by atoms with E-state index in [9.17, 15) is 4.79 Å². The molecule has 34 heavy (non-hydrogen) atoms. The summed E-state index contributed by atoms with van der Waals surface area (Å²) in [6.07, 6.45) is 5.16. The number of ether oxygens (including phenoxy) is 2. The van der Waals surface area contributed by atoms with E-state index in [2.05, 4.69) is 58.6 Å². The molecule has 0 spiro atoms. The third kappa shape index (κ3) is 5.85. The molecule has 0 saturated carbocycles. The van der Waals surface area contributed by atoms with Gasteiger partial charge in [-0.1, -0.05) is 26.0 Å². The van der Waals surface area contributed by atoms with Crippen molar-refractivity contribution in [2.45, 2.75) is 39.9 Å². The van der Waals surface area contributed by atoms with Crippen LogP contribution in [0.2, 0.25) is 0 Å². The summed E-state index contributed by atoms with van der Waals surface area (Å²) in [7, 11) is 3.76. The predicted octanol–water partition coefficient (Wildman–Crippen LogP) is 5.66. The molecule has 0 saturated heterocycles. The van der Waals surface area contributed by atoms with Crippen LogP contribution in [0.1, 0.15) is 47.3 Å². The lowest BCUT2D eigenvalue weighted by molar-refractivity contribution is 0.0698. The quantitative estimate of drug-likeness (QED) is 0.517. The molecular weight excluding hydrogens is 430 g/mol. The Morgan fingerprint density at radius 1 is 1.03 bits per heavy atom. The highest BCUT2D eigenvalue weighted by Gasteiger charge is 2.15. The largest absolute Gasteiger partial charge is 0.493 e. The van der Waals surface area contributed by atoms with Crippen LogP contribution in [0.3, 0.4) is 0 Å². The molecule has 0 fully saturated rings. The number of carboxylic acids is 1. The van der Waals surface area contributed by atoms with E-state index in [1.54, 1.807) is 7.05 Å². The molecule has 7 heteroatoms. The van der Waals surface area contributed by atoms with Crippen LogP contribution in [0.25, 0.3) is 0 Å². The lowest BCUT2D eigenvalue weighted by Gasteiger charge is -2.23. The van der Waals surface area contributed by atoms with Gasteiger partial charge >= 0.3 is 5.97 Å². The number of aromatic carboxylic acids is 1. The summed E-state index contributed by atoms with van der Waals surface area (Å²) < 4.78 is 11.3. The SMILES string of the molecule is CC.CN(c1ccc2c(c1)COC2)c1ccc2c(c1)OCCC2.CNc1cnccc1C(=O)O. The summed E-state index contributed by atoms with van der Waals surface area (Å²) in [5.41, 5.74) is 7.04. The molecule has 5 rings (SSSR count). The lowest BCUT2D eigenvalue weighted by Crippen LogP contribution is -2.12. The van der Waals surface area contributed by atoms with Gasteiger partial charge in [-0.05, 0) is 53.8 Å². The van der Waals surface area contributed by atoms with Crippen molar-refractivity contribution in [2.75, 3.05) is 30.9 Å². The Labute approximate surface area is 201 Å². The number of carbonyl (C=O) groups is 1. The van der Waals surface area contributed by atoms with Gasteiger partial charge in [-0.25, -0.2) is 4.79 Å². The van der Waals surface area contributed by atoms with E-state index >= 15 is 0 Å². The van der Waals surface area contributed by atoms with Crippen LogP contribution in [0.15, 0.2) is 54.9 Å². The molecule has 0 aliphatic carbocycles.